The van der Waals surface area contributed by atoms with Crippen LogP contribution in [0.15, 0.2) is 76.1 Å². The van der Waals surface area contributed by atoms with Crippen molar-refractivity contribution in [2.45, 2.75) is 11.8 Å². The Morgan fingerprint density at radius 1 is 0.967 bits per heavy atom. The van der Waals surface area contributed by atoms with Gasteiger partial charge in [0.2, 0.25) is 0 Å². The minimum atomic E-state index is -3.78. The molecule has 0 saturated carbocycles. The van der Waals surface area contributed by atoms with Crippen LogP contribution in [-0.2, 0) is 10.0 Å². The van der Waals surface area contributed by atoms with E-state index in [0.29, 0.717) is 16.9 Å². The number of amides is 1. The molecule has 0 spiro atoms. The summed E-state index contributed by atoms with van der Waals surface area (Å²) in [5.74, 6) is -0.461. The number of anilines is 2. The average molecular weight is 490 g/mol. The molecule has 8 nitrogen and oxygen atoms in total. The second-order valence-electron chi connectivity index (χ2n) is 6.35. The van der Waals surface area contributed by atoms with E-state index < -0.39 is 20.9 Å². The SMILES string of the molecule is Cc1cc(C(=O)Nc2ccc(S(=O)(=O)Nc3ccc(Br)cc3)cc2)ccc1[N+](=O)[O-]. The van der Waals surface area contributed by atoms with Crippen LogP contribution in [0.4, 0.5) is 17.1 Å². The summed E-state index contributed by atoms with van der Waals surface area (Å²) in [6.07, 6.45) is 0. The highest BCUT2D eigenvalue weighted by Crippen LogP contribution is 2.22. The Labute approximate surface area is 181 Å². The minimum Gasteiger partial charge on any atom is -0.322 e. The number of halogens is 1. The summed E-state index contributed by atoms with van der Waals surface area (Å²) in [5, 5.41) is 13.5. The van der Waals surface area contributed by atoms with Crippen LogP contribution in [0.5, 0.6) is 0 Å². The molecule has 10 heteroatoms. The van der Waals surface area contributed by atoms with Gasteiger partial charge in [-0.1, -0.05) is 15.9 Å². The third kappa shape index (κ3) is 5.02. The fraction of sp³-hybridized carbons (Fsp3) is 0.0500. The Bertz CT molecular complexity index is 1210. The van der Waals surface area contributed by atoms with Gasteiger partial charge in [0.25, 0.3) is 21.6 Å². The minimum absolute atomic E-state index is 0.0367. The van der Waals surface area contributed by atoms with E-state index in [-0.39, 0.29) is 16.1 Å². The monoisotopic (exact) mass is 489 g/mol. The van der Waals surface area contributed by atoms with Gasteiger partial charge in [-0.25, -0.2) is 8.42 Å². The normalized spacial score (nSPS) is 11.0. The molecule has 154 valence electrons. The molecule has 1 amide bonds. The Morgan fingerprint density at radius 3 is 2.13 bits per heavy atom. The molecule has 0 unspecified atom stereocenters. The van der Waals surface area contributed by atoms with Crippen LogP contribution >= 0.6 is 15.9 Å². The largest absolute Gasteiger partial charge is 0.322 e. The molecule has 3 rings (SSSR count). The summed E-state index contributed by atoms with van der Waals surface area (Å²) in [7, 11) is -3.78. The Balaban J connectivity index is 1.72. The van der Waals surface area contributed by atoms with Crippen molar-refractivity contribution < 1.29 is 18.1 Å². The molecular formula is C20H16BrN3O5S. The predicted molar refractivity (Wildman–Crippen MR) is 117 cm³/mol. The summed E-state index contributed by atoms with van der Waals surface area (Å²) in [4.78, 5) is 22.8. The Kier molecular flexibility index (Phi) is 6.18. The van der Waals surface area contributed by atoms with Gasteiger partial charge in [-0.2, -0.15) is 0 Å². The molecule has 0 heterocycles. The van der Waals surface area contributed by atoms with E-state index in [1.54, 1.807) is 31.2 Å². The molecule has 0 aliphatic carbocycles. The number of carbonyl (C=O) groups excluding carboxylic acids is 1. The van der Waals surface area contributed by atoms with Gasteiger partial charge in [0.1, 0.15) is 0 Å². The van der Waals surface area contributed by atoms with E-state index in [4.69, 9.17) is 0 Å². The van der Waals surface area contributed by atoms with Crippen molar-refractivity contribution in [1.82, 2.24) is 0 Å². The first kappa shape index (κ1) is 21.5. The van der Waals surface area contributed by atoms with Crippen molar-refractivity contribution in [3.05, 3.63) is 92.4 Å². The predicted octanol–water partition coefficient (Wildman–Crippen LogP) is 4.72. The van der Waals surface area contributed by atoms with E-state index in [0.717, 1.165) is 4.47 Å². The van der Waals surface area contributed by atoms with Gasteiger partial charge in [0, 0.05) is 33.0 Å². The summed E-state index contributed by atoms with van der Waals surface area (Å²) in [6, 6.07) is 16.4. The summed E-state index contributed by atoms with van der Waals surface area (Å²) in [5.41, 5.74) is 1.36. The van der Waals surface area contributed by atoms with Gasteiger partial charge in [-0.15, -0.1) is 0 Å². The van der Waals surface area contributed by atoms with Crippen molar-refractivity contribution in [3.63, 3.8) is 0 Å². The molecule has 0 saturated heterocycles. The highest BCUT2D eigenvalue weighted by atomic mass is 79.9. The van der Waals surface area contributed by atoms with Crippen molar-refractivity contribution in [2.75, 3.05) is 10.0 Å². The van der Waals surface area contributed by atoms with E-state index in [2.05, 4.69) is 26.0 Å². The van der Waals surface area contributed by atoms with Crippen LogP contribution in [0, 0.1) is 17.0 Å². The summed E-state index contributed by atoms with van der Waals surface area (Å²) >= 11 is 3.29. The number of rotatable bonds is 6. The quantitative estimate of drug-likeness (QED) is 0.383. The number of sulfonamides is 1. The van der Waals surface area contributed by atoms with E-state index in [9.17, 15) is 23.3 Å². The fourth-order valence-electron chi connectivity index (χ4n) is 2.65. The van der Waals surface area contributed by atoms with Crippen molar-refractivity contribution in [2.24, 2.45) is 0 Å². The Morgan fingerprint density at radius 2 is 1.57 bits per heavy atom. The zero-order valence-corrected chi connectivity index (χ0v) is 18.0. The van der Waals surface area contributed by atoms with Gasteiger partial charge in [-0.05, 0) is 67.6 Å². The lowest BCUT2D eigenvalue weighted by molar-refractivity contribution is -0.385. The van der Waals surface area contributed by atoms with Crippen LogP contribution in [0.25, 0.3) is 0 Å². The van der Waals surface area contributed by atoms with E-state index >= 15 is 0 Å². The summed E-state index contributed by atoms with van der Waals surface area (Å²) < 4.78 is 28.3. The number of benzene rings is 3. The molecule has 0 atom stereocenters. The van der Waals surface area contributed by atoms with Crippen LogP contribution < -0.4 is 10.0 Å². The van der Waals surface area contributed by atoms with Crippen LogP contribution in [0.1, 0.15) is 15.9 Å². The number of nitrogens with one attached hydrogen (secondary N) is 2. The third-order valence-corrected chi connectivity index (χ3v) is 6.10. The lowest BCUT2D eigenvalue weighted by atomic mass is 10.1. The van der Waals surface area contributed by atoms with Gasteiger partial charge < -0.3 is 5.32 Å². The average Bonchev–Trinajstić information content (AvgIpc) is 2.69. The third-order valence-electron chi connectivity index (χ3n) is 4.17. The number of hydrogen-bond donors (Lipinski definition) is 2. The van der Waals surface area contributed by atoms with Crippen LogP contribution in [0.3, 0.4) is 0 Å². The van der Waals surface area contributed by atoms with Gasteiger partial charge in [0.05, 0.1) is 9.82 Å². The molecule has 3 aromatic carbocycles. The molecule has 0 fully saturated rings. The first-order valence-electron chi connectivity index (χ1n) is 8.60. The first-order valence-corrected chi connectivity index (χ1v) is 10.9. The molecule has 2 N–H and O–H groups in total. The number of carbonyl (C=O) groups is 1. The molecule has 0 aliphatic heterocycles. The van der Waals surface area contributed by atoms with Crippen molar-refractivity contribution >= 4 is 48.9 Å². The fourth-order valence-corrected chi connectivity index (χ4v) is 3.98. The van der Waals surface area contributed by atoms with Crippen LogP contribution in [-0.4, -0.2) is 19.2 Å². The molecule has 0 aliphatic rings. The van der Waals surface area contributed by atoms with E-state index in [1.807, 2.05) is 0 Å². The Hall–Kier alpha value is -3.24. The molecular weight excluding hydrogens is 474 g/mol. The maximum Gasteiger partial charge on any atom is 0.272 e. The number of hydrogen-bond acceptors (Lipinski definition) is 5. The molecule has 0 radical (unpaired) electrons. The van der Waals surface area contributed by atoms with Crippen molar-refractivity contribution in [1.29, 1.82) is 0 Å². The zero-order valence-electron chi connectivity index (χ0n) is 15.6. The molecule has 0 aromatic heterocycles. The van der Waals surface area contributed by atoms with Gasteiger partial charge in [0.15, 0.2) is 0 Å². The highest BCUT2D eigenvalue weighted by Gasteiger charge is 2.16. The first-order chi connectivity index (χ1) is 14.2. The lowest BCUT2D eigenvalue weighted by Gasteiger charge is -2.10. The summed E-state index contributed by atoms with van der Waals surface area (Å²) in [6.45, 7) is 1.55. The topological polar surface area (TPSA) is 118 Å². The number of nitro benzene ring substituents is 1. The maximum atomic E-state index is 12.5. The number of nitro groups is 1. The smallest absolute Gasteiger partial charge is 0.272 e. The zero-order chi connectivity index (χ0) is 21.9. The van der Waals surface area contributed by atoms with Crippen molar-refractivity contribution in [3.8, 4) is 0 Å². The molecule has 0 bridgehead atoms. The standard InChI is InChI=1S/C20H16BrN3O5S/c1-13-12-14(2-11-19(13)24(26)27)20(25)22-16-7-9-18(10-8-16)30(28,29)23-17-5-3-15(21)4-6-17/h2-12,23H,1H3,(H,22,25). The number of aryl methyl sites for hydroxylation is 1. The second-order valence-corrected chi connectivity index (χ2v) is 8.95. The second kappa shape index (κ2) is 8.64. The number of nitrogens with zero attached hydrogens (tertiary/aromatic N) is 1. The van der Waals surface area contributed by atoms with Crippen LogP contribution in [0.2, 0.25) is 0 Å². The molecule has 3 aromatic rings. The van der Waals surface area contributed by atoms with E-state index in [1.165, 1.54) is 42.5 Å². The maximum absolute atomic E-state index is 12.5. The highest BCUT2D eigenvalue weighted by molar-refractivity contribution is 9.10. The molecule has 30 heavy (non-hydrogen) atoms. The van der Waals surface area contributed by atoms with Gasteiger partial charge in [-0.3, -0.25) is 19.6 Å². The lowest BCUT2D eigenvalue weighted by Crippen LogP contribution is -2.14. The van der Waals surface area contributed by atoms with Gasteiger partial charge >= 0.3 is 0 Å².